The van der Waals surface area contributed by atoms with Crippen LogP contribution in [0, 0.1) is 11.8 Å². The lowest BCUT2D eigenvalue weighted by molar-refractivity contribution is -0.274. The lowest BCUT2D eigenvalue weighted by Crippen LogP contribution is -2.47. The van der Waals surface area contributed by atoms with Gasteiger partial charge >= 0.3 is 12.4 Å². The molecule has 1 saturated heterocycles. The molecule has 2 aromatic carbocycles. The van der Waals surface area contributed by atoms with Crippen molar-refractivity contribution in [2.75, 3.05) is 25.1 Å². The molecule has 238 valence electrons. The molecule has 3 aliphatic heterocycles. The lowest BCUT2D eigenvalue weighted by Gasteiger charge is -2.33. The van der Waals surface area contributed by atoms with Gasteiger partial charge in [-0.15, -0.1) is 13.2 Å². The first kappa shape index (κ1) is 30.4. The van der Waals surface area contributed by atoms with E-state index in [2.05, 4.69) is 21.0 Å². The fourth-order valence-corrected chi connectivity index (χ4v) is 7.79. The second-order valence-electron chi connectivity index (χ2n) is 11.6. The van der Waals surface area contributed by atoms with Crippen molar-refractivity contribution in [3.8, 4) is 16.9 Å². The zero-order chi connectivity index (χ0) is 31.2. The number of rotatable bonds is 7. The van der Waals surface area contributed by atoms with Crippen LogP contribution in [0.2, 0.25) is 0 Å². The maximum atomic E-state index is 13.2. The van der Waals surface area contributed by atoms with Crippen LogP contribution in [0.5, 0.6) is 5.75 Å². The van der Waals surface area contributed by atoms with E-state index >= 15 is 0 Å². The molecule has 44 heavy (non-hydrogen) atoms. The molecule has 3 heterocycles. The van der Waals surface area contributed by atoms with Crippen molar-refractivity contribution >= 4 is 22.5 Å². The molecule has 1 aliphatic carbocycles. The summed E-state index contributed by atoms with van der Waals surface area (Å²) in [6.45, 7) is 0.774. The maximum Gasteiger partial charge on any atom is 0.573 e. The third-order valence-corrected chi connectivity index (χ3v) is 10.2. The fourth-order valence-electron chi connectivity index (χ4n) is 6.06. The molecule has 0 radical (unpaired) electrons. The van der Waals surface area contributed by atoms with Crippen molar-refractivity contribution in [2.24, 2.45) is 11.8 Å². The Kier molecular flexibility index (Phi) is 8.07. The van der Waals surface area contributed by atoms with Gasteiger partial charge < -0.3 is 25.1 Å². The number of allylic oxidation sites excluding steroid dienone is 1. The van der Waals surface area contributed by atoms with Gasteiger partial charge in [0, 0.05) is 50.3 Å². The largest absolute Gasteiger partial charge is 0.573 e. The van der Waals surface area contributed by atoms with Crippen LogP contribution in [0.15, 0.2) is 48.4 Å². The van der Waals surface area contributed by atoms with Crippen LogP contribution in [0.25, 0.3) is 11.1 Å². The van der Waals surface area contributed by atoms with Crippen LogP contribution >= 0.6 is 10.6 Å². The Morgan fingerprint density at radius 3 is 2.73 bits per heavy atom. The number of hydrogen-bond donors (Lipinski definition) is 5. The Labute approximate surface area is 253 Å². The van der Waals surface area contributed by atoms with Crippen molar-refractivity contribution in [2.45, 2.75) is 44.8 Å². The number of fused-ring (bicyclic) bond motifs is 1. The molecule has 0 spiro atoms. The Morgan fingerprint density at radius 1 is 1.20 bits per heavy atom. The SMILES string of the molecule is CN1C=C([C@@H]2C[C@H]2C(=O)NCc2ccc(-c3cccc(OC(F)(F)F)c3)c3c2CN(C(=O)NC2CCS(O)(O)C2)CC3)ON1. The topological polar surface area (TPSA) is 136 Å². The molecule has 2 aromatic rings. The maximum absolute atomic E-state index is 13.2. The predicted octanol–water partition coefficient (Wildman–Crippen LogP) is 4.32. The number of nitrogens with one attached hydrogen (secondary N) is 3. The quantitative estimate of drug-likeness (QED) is 0.303. The third kappa shape index (κ3) is 6.85. The van der Waals surface area contributed by atoms with E-state index in [0.29, 0.717) is 37.1 Å². The van der Waals surface area contributed by atoms with Gasteiger partial charge in [0.2, 0.25) is 5.91 Å². The van der Waals surface area contributed by atoms with E-state index in [1.54, 1.807) is 29.2 Å². The number of nitrogens with zero attached hydrogens (tertiary/aromatic N) is 2. The average molecular weight is 638 g/mol. The molecule has 0 bridgehead atoms. The van der Waals surface area contributed by atoms with Gasteiger partial charge in [-0.3, -0.25) is 18.9 Å². The van der Waals surface area contributed by atoms with Crippen LogP contribution < -0.4 is 21.0 Å². The van der Waals surface area contributed by atoms with E-state index in [4.69, 9.17) is 4.84 Å². The number of carbonyl (C=O) groups excluding carboxylic acids is 2. The molecular formula is C29H34F3N5O6S. The summed E-state index contributed by atoms with van der Waals surface area (Å²) in [7, 11) is -0.886. The van der Waals surface area contributed by atoms with Crippen LogP contribution in [0.4, 0.5) is 18.0 Å². The summed E-state index contributed by atoms with van der Waals surface area (Å²) in [6.07, 6.45) is -1.45. The highest BCUT2D eigenvalue weighted by Gasteiger charge is 2.48. The van der Waals surface area contributed by atoms with Gasteiger partial charge in [-0.2, -0.15) is 10.6 Å². The number of hydrogen-bond acceptors (Lipinski definition) is 8. The Bertz CT molecular complexity index is 1490. The number of hydrazine groups is 1. The summed E-state index contributed by atoms with van der Waals surface area (Å²) in [5.74, 6) is 0.401. The second-order valence-corrected chi connectivity index (χ2v) is 13.9. The van der Waals surface area contributed by atoms with Crippen molar-refractivity contribution in [3.05, 3.63) is 65.0 Å². The van der Waals surface area contributed by atoms with Gasteiger partial charge in [-0.1, -0.05) is 29.9 Å². The summed E-state index contributed by atoms with van der Waals surface area (Å²) in [5.41, 5.74) is 6.44. The minimum Gasteiger partial charge on any atom is -0.406 e. The third-order valence-electron chi connectivity index (χ3n) is 8.34. The van der Waals surface area contributed by atoms with E-state index < -0.39 is 17.0 Å². The molecule has 1 unspecified atom stereocenters. The first-order valence-corrected chi connectivity index (χ1v) is 16.2. The van der Waals surface area contributed by atoms with E-state index in [-0.39, 0.29) is 60.2 Å². The highest BCUT2D eigenvalue weighted by Crippen LogP contribution is 2.46. The van der Waals surface area contributed by atoms with Gasteiger partial charge in [0.15, 0.2) is 0 Å². The van der Waals surface area contributed by atoms with Crippen molar-refractivity contribution in [3.63, 3.8) is 0 Å². The summed E-state index contributed by atoms with van der Waals surface area (Å²) in [5, 5.41) is 7.58. The van der Waals surface area contributed by atoms with E-state index in [0.717, 1.165) is 22.3 Å². The Balaban J connectivity index is 1.22. The van der Waals surface area contributed by atoms with Gasteiger partial charge in [0.1, 0.15) is 11.5 Å². The van der Waals surface area contributed by atoms with Crippen molar-refractivity contribution in [1.82, 2.24) is 26.1 Å². The molecule has 0 aromatic heterocycles. The first-order valence-electron chi connectivity index (χ1n) is 14.3. The molecule has 5 N–H and O–H groups in total. The normalized spacial score (nSPS) is 24.6. The summed E-state index contributed by atoms with van der Waals surface area (Å²) < 4.78 is 62.8. The molecule has 3 amide bonds. The van der Waals surface area contributed by atoms with Gasteiger partial charge in [0.05, 0.1) is 12.0 Å². The Hall–Kier alpha value is -3.66. The number of halogens is 3. The number of urea groups is 1. The van der Waals surface area contributed by atoms with Crippen LogP contribution in [0.1, 0.15) is 29.5 Å². The number of carbonyl (C=O) groups is 2. The van der Waals surface area contributed by atoms with Crippen LogP contribution in [0.3, 0.4) is 0 Å². The standard InChI is InChI=1S/C29H34F3N5O6S/c1-36-15-26(43-35-36)23-12-24(23)27(38)33-13-18-5-6-21(17-3-2-4-20(11-17)42-29(30,31)32)22-7-9-37(14-25(18)22)28(39)34-19-8-10-44(40,41)16-19/h2-6,11,15,19,23-24,35,40-41H,7-10,12-14,16H2,1H3,(H,33,38)(H,34,39)/t19?,23-,24-/m1/s1. The monoisotopic (exact) mass is 637 g/mol. The molecule has 11 nitrogen and oxygen atoms in total. The molecule has 2 fully saturated rings. The highest BCUT2D eigenvalue weighted by atomic mass is 32.3. The van der Waals surface area contributed by atoms with Crippen molar-refractivity contribution in [1.29, 1.82) is 0 Å². The van der Waals surface area contributed by atoms with Gasteiger partial charge in [-0.25, -0.2) is 4.79 Å². The summed E-state index contributed by atoms with van der Waals surface area (Å²) >= 11 is 0. The smallest absolute Gasteiger partial charge is 0.406 e. The average Bonchev–Trinajstić information content (AvgIpc) is 3.53. The lowest BCUT2D eigenvalue weighted by atomic mass is 9.87. The van der Waals surface area contributed by atoms with Gasteiger partial charge in [-0.05, 0) is 59.2 Å². The Morgan fingerprint density at radius 2 is 2.02 bits per heavy atom. The molecule has 1 saturated carbocycles. The second kappa shape index (κ2) is 11.7. The predicted molar refractivity (Wildman–Crippen MR) is 156 cm³/mol. The van der Waals surface area contributed by atoms with Gasteiger partial charge in [0.25, 0.3) is 0 Å². The molecular weight excluding hydrogens is 603 g/mol. The number of alkyl halides is 3. The number of benzene rings is 2. The van der Waals surface area contributed by atoms with Crippen molar-refractivity contribution < 1.29 is 41.4 Å². The molecule has 4 aliphatic rings. The molecule has 3 atom stereocenters. The van der Waals surface area contributed by atoms with E-state index in [1.165, 1.54) is 18.2 Å². The first-order chi connectivity index (χ1) is 20.8. The summed E-state index contributed by atoms with van der Waals surface area (Å²) in [4.78, 5) is 33.3. The zero-order valence-electron chi connectivity index (χ0n) is 23.9. The molecule has 6 rings (SSSR count). The highest BCUT2D eigenvalue weighted by molar-refractivity contribution is 8.24. The number of ether oxygens (including phenoxy) is 1. The molecule has 15 heteroatoms. The fraction of sp³-hybridized carbons (Fsp3) is 0.448. The zero-order valence-corrected chi connectivity index (χ0v) is 24.7. The minimum absolute atomic E-state index is 0.0110. The number of amides is 3. The summed E-state index contributed by atoms with van der Waals surface area (Å²) in [6, 6.07) is 8.76. The van der Waals surface area contributed by atoms with E-state index in [1.807, 2.05) is 12.1 Å². The van der Waals surface area contributed by atoms with E-state index in [9.17, 15) is 31.9 Å². The van der Waals surface area contributed by atoms with Crippen LogP contribution in [-0.4, -0.2) is 68.5 Å². The van der Waals surface area contributed by atoms with Crippen LogP contribution in [-0.2, 0) is 29.1 Å². The minimum atomic E-state index is -4.83.